The minimum absolute atomic E-state index is 0.679. The van der Waals surface area contributed by atoms with Crippen LogP contribution in [0.1, 0.15) is 12.5 Å². The Bertz CT molecular complexity index is 506. The molecule has 0 fully saturated rings. The van der Waals surface area contributed by atoms with Gasteiger partial charge in [0.2, 0.25) is 0 Å². The Kier molecular flexibility index (Phi) is 3.28. The first-order chi connectivity index (χ1) is 8.20. The number of aryl methyl sites for hydroxylation is 1. The molecule has 3 nitrogen and oxygen atoms in total. The summed E-state index contributed by atoms with van der Waals surface area (Å²) >= 11 is 0. The van der Waals surface area contributed by atoms with Gasteiger partial charge >= 0.3 is 0 Å². The SMILES string of the molecule is CCOc1ccc(-c2ncc(N)cc2C)cc1. The molecule has 1 heterocycles. The van der Waals surface area contributed by atoms with Gasteiger partial charge in [0, 0.05) is 5.56 Å². The van der Waals surface area contributed by atoms with Crippen molar-refractivity contribution >= 4 is 5.69 Å². The lowest BCUT2D eigenvalue weighted by Gasteiger charge is -2.07. The van der Waals surface area contributed by atoms with Gasteiger partial charge in [-0.15, -0.1) is 0 Å². The van der Waals surface area contributed by atoms with Gasteiger partial charge in [0.05, 0.1) is 24.2 Å². The molecule has 0 aliphatic heterocycles. The zero-order valence-corrected chi connectivity index (χ0v) is 10.1. The highest BCUT2D eigenvalue weighted by atomic mass is 16.5. The molecule has 0 atom stereocenters. The average molecular weight is 228 g/mol. The van der Waals surface area contributed by atoms with Gasteiger partial charge in [-0.2, -0.15) is 0 Å². The molecular weight excluding hydrogens is 212 g/mol. The van der Waals surface area contributed by atoms with Crippen molar-refractivity contribution in [1.82, 2.24) is 4.98 Å². The molecule has 0 amide bonds. The fraction of sp³-hybridized carbons (Fsp3) is 0.214. The van der Waals surface area contributed by atoms with E-state index in [4.69, 9.17) is 10.5 Å². The molecule has 0 spiro atoms. The molecule has 0 saturated heterocycles. The topological polar surface area (TPSA) is 48.1 Å². The normalized spacial score (nSPS) is 10.2. The fourth-order valence-electron chi connectivity index (χ4n) is 1.77. The van der Waals surface area contributed by atoms with E-state index in [0.29, 0.717) is 12.3 Å². The van der Waals surface area contributed by atoms with Crippen molar-refractivity contribution < 1.29 is 4.74 Å². The second kappa shape index (κ2) is 4.87. The number of nitrogens with two attached hydrogens (primary N) is 1. The highest BCUT2D eigenvalue weighted by Gasteiger charge is 2.04. The summed E-state index contributed by atoms with van der Waals surface area (Å²) in [6.07, 6.45) is 1.68. The number of pyridine rings is 1. The quantitative estimate of drug-likeness (QED) is 0.878. The van der Waals surface area contributed by atoms with Crippen molar-refractivity contribution in [2.75, 3.05) is 12.3 Å². The third-order valence-electron chi connectivity index (χ3n) is 2.54. The third kappa shape index (κ3) is 2.56. The monoisotopic (exact) mass is 228 g/mol. The van der Waals surface area contributed by atoms with Gasteiger partial charge in [-0.25, -0.2) is 0 Å². The maximum Gasteiger partial charge on any atom is 0.119 e. The predicted molar refractivity (Wildman–Crippen MR) is 70.0 cm³/mol. The van der Waals surface area contributed by atoms with Crippen molar-refractivity contribution in [3.8, 4) is 17.0 Å². The number of aromatic nitrogens is 1. The van der Waals surface area contributed by atoms with Crippen LogP contribution in [0.5, 0.6) is 5.75 Å². The lowest BCUT2D eigenvalue weighted by atomic mass is 10.1. The summed E-state index contributed by atoms with van der Waals surface area (Å²) in [5.41, 5.74) is 9.49. The van der Waals surface area contributed by atoms with Crippen LogP contribution in [0.3, 0.4) is 0 Å². The van der Waals surface area contributed by atoms with Crippen LogP contribution in [0, 0.1) is 6.92 Å². The van der Waals surface area contributed by atoms with E-state index in [1.165, 1.54) is 0 Å². The molecule has 0 aliphatic carbocycles. The van der Waals surface area contributed by atoms with Crippen molar-refractivity contribution in [3.63, 3.8) is 0 Å². The van der Waals surface area contributed by atoms with Crippen LogP contribution < -0.4 is 10.5 Å². The number of nitrogens with zero attached hydrogens (tertiary/aromatic N) is 1. The van der Waals surface area contributed by atoms with Gasteiger partial charge in [-0.1, -0.05) is 0 Å². The smallest absolute Gasteiger partial charge is 0.119 e. The second-order valence-corrected chi connectivity index (χ2v) is 3.89. The summed E-state index contributed by atoms with van der Waals surface area (Å²) in [7, 11) is 0. The molecule has 0 bridgehead atoms. The summed E-state index contributed by atoms with van der Waals surface area (Å²) in [5, 5.41) is 0. The number of hydrogen-bond acceptors (Lipinski definition) is 3. The van der Waals surface area contributed by atoms with Gasteiger partial charge in [-0.3, -0.25) is 4.98 Å². The second-order valence-electron chi connectivity index (χ2n) is 3.89. The number of benzene rings is 1. The number of rotatable bonds is 3. The average Bonchev–Trinajstić information content (AvgIpc) is 2.31. The first-order valence-corrected chi connectivity index (χ1v) is 5.66. The fourth-order valence-corrected chi connectivity index (χ4v) is 1.77. The molecule has 2 N–H and O–H groups in total. The van der Waals surface area contributed by atoms with E-state index in [-0.39, 0.29) is 0 Å². The Morgan fingerprint density at radius 1 is 1.24 bits per heavy atom. The van der Waals surface area contributed by atoms with Crippen molar-refractivity contribution in [3.05, 3.63) is 42.1 Å². The van der Waals surface area contributed by atoms with Crippen LogP contribution in [0.4, 0.5) is 5.69 Å². The maximum absolute atomic E-state index is 5.69. The van der Waals surface area contributed by atoms with E-state index in [2.05, 4.69) is 4.98 Å². The van der Waals surface area contributed by atoms with E-state index in [9.17, 15) is 0 Å². The standard InChI is InChI=1S/C14H16N2O/c1-3-17-13-6-4-11(5-7-13)14-10(2)8-12(15)9-16-14/h4-9H,3,15H2,1-2H3. The molecule has 2 rings (SSSR count). The van der Waals surface area contributed by atoms with Crippen LogP contribution in [0.2, 0.25) is 0 Å². The van der Waals surface area contributed by atoms with Crippen molar-refractivity contribution in [1.29, 1.82) is 0 Å². The largest absolute Gasteiger partial charge is 0.494 e. The summed E-state index contributed by atoms with van der Waals surface area (Å²) in [6.45, 7) is 4.66. The highest BCUT2D eigenvalue weighted by Crippen LogP contribution is 2.24. The Morgan fingerprint density at radius 2 is 1.94 bits per heavy atom. The minimum Gasteiger partial charge on any atom is -0.494 e. The van der Waals surface area contributed by atoms with E-state index < -0.39 is 0 Å². The van der Waals surface area contributed by atoms with Crippen LogP contribution >= 0.6 is 0 Å². The number of ether oxygens (including phenoxy) is 1. The molecule has 1 aromatic heterocycles. The van der Waals surface area contributed by atoms with Gasteiger partial charge in [-0.05, 0) is 49.7 Å². The Morgan fingerprint density at radius 3 is 2.53 bits per heavy atom. The molecule has 88 valence electrons. The molecule has 0 unspecified atom stereocenters. The molecule has 3 heteroatoms. The number of anilines is 1. The summed E-state index contributed by atoms with van der Waals surface area (Å²) in [4.78, 5) is 4.36. The molecule has 0 aliphatic rings. The van der Waals surface area contributed by atoms with Crippen LogP contribution in [-0.2, 0) is 0 Å². The lowest BCUT2D eigenvalue weighted by molar-refractivity contribution is 0.340. The summed E-state index contributed by atoms with van der Waals surface area (Å²) < 4.78 is 5.41. The van der Waals surface area contributed by atoms with Gasteiger partial charge in [0.15, 0.2) is 0 Å². The Hall–Kier alpha value is -2.03. The minimum atomic E-state index is 0.679. The molecule has 0 radical (unpaired) electrons. The first-order valence-electron chi connectivity index (χ1n) is 5.66. The molecule has 2 aromatic rings. The predicted octanol–water partition coefficient (Wildman–Crippen LogP) is 3.04. The maximum atomic E-state index is 5.69. The van der Waals surface area contributed by atoms with Crippen molar-refractivity contribution in [2.24, 2.45) is 0 Å². The molecular formula is C14H16N2O. The van der Waals surface area contributed by atoms with Crippen LogP contribution in [0.25, 0.3) is 11.3 Å². The molecule has 17 heavy (non-hydrogen) atoms. The van der Waals surface area contributed by atoms with Gasteiger partial charge < -0.3 is 10.5 Å². The Balaban J connectivity index is 2.33. The molecule has 0 saturated carbocycles. The van der Waals surface area contributed by atoms with Crippen LogP contribution in [0.15, 0.2) is 36.5 Å². The first kappa shape index (κ1) is 11.5. The third-order valence-corrected chi connectivity index (χ3v) is 2.54. The summed E-state index contributed by atoms with van der Waals surface area (Å²) in [5.74, 6) is 0.879. The lowest BCUT2D eigenvalue weighted by Crippen LogP contribution is -1.93. The van der Waals surface area contributed by atoms with E-state index in [0.717, 1.165) is 22.6 Å². The molecule has 1 aromatic carbocycles. The van der Waals surface area contributed by atoms with E-state index in [1.807, 2.05) is 44.2 Å². The number of nitrogen functional groups attached to an aromatic ring is 1. The highest BCUT2D eigenvalue weighted by molar-refractivity contribution is 5.65. The zero-order valence-electron chi connectivity index (χ0n) is 10.1. The zero-order chi connectivity index (χ0) is 12.3. The van der Waals surface area contributed by atoms with Crippen LogP contribution in [-0.4, -0.2) is 11.6 Å². The number of hydrogen-bond donors (Lipinski definition) is 1. The van der Waals surface area contributed by atoms with E-state index in [1.54, 1.807) is 6.20 Å². The summed E-state index contributed by atoms with van der Waals surface area (Å²) in [6, 6.07) is 9.86. The van der Waals surface area contributed by atoms with Gasteiger partial charge in [0.1, 0.15) is 5.75 Å². The van der Waals surface area contributed by atoms with Crippen molar-refractivity contribution in [2.45, 2.75) is 13.8 Å². The Labute approximate surface area is 101 Å². The van der Waals surface area contributed by atoms with E-state index >= 15 is 0 Å². The van der Waals surface area contributed by atoms with Gasteiger partial charge in [0.25, 0.3) is 0 Å².